The van der Waals surface area contributed by atoms with Gasteiger partial charge in [-0.3, -0.25) is 14.4 Å². The number of methoxy groups -OCH3 is 1. The van der Waals surface area contributed by atoms with E-state index in [1.54, 1.807) is 32.4 Å². The van der Waals surface area contributed by atoms with Gasteiger partial charge in [-0.15, -0.1) is 0 Å². The first-order chi connectivity index (χ1) is 18.9. The lowest BCUT2D eigenvalue weighted by Gasteiger charge is -2.36. The van der Waals surface area contributed by atoms with Gasteiger partial charge in [-0.2, -0.15) is 5.26 Å². The number of carbonyl (C=O) groups excluding carboxylic acids is 3. The molecule has 9 heteroatoms. The molecule has 3 unspecified atom stereocenters. The van der Waals surface area contributed by atoms with E-state index in [2.05, 4.69) is 16.4 Å². The van der Waals surface area contributed by atoms with Gasteiger partial charge in [0.25, 0.3) is 5.91 Å². The number of hydrogen-bond donors (Lipinski definition) is 2. The summed E-state index contributed by atoms with van der Waals surface area (Å²) in [6.45, 7) is 0.141. The van der Waals surface area contributed by atoms with Crippen molar-refractivity contribution in [1.29, 1.82) is 5.26 Å². The zero-order chi connectivity index (χ0) is 27.5. The van der Waals surface area contributed by atoms with E-state index in [1.807, 2.05) is 36.4 Å². The van der Waals surface area contributed by atoms with Crippen molar-refractivity contribution in [3.8, 4) is 11.8 Å². The molecule has 0 radical (unpaired) electrons. The molecule has 0 bridgehead atoms. The Bertz CT molecular complexity index is 1410. The minimum Gasteiger partial charge on any atom is -0.496 e. The van der Waals surface area contributed by atoms with Crippen LogP contribution in [0.5, 0.6) is 5.75 Å². The van der Waals surface area contributed by atoms with E-state index in [0.717, 1.165) is 30.2 Å². The number of likely N-dealkylation sites (N-methyl/N-ethyl adjacent to an activating group) is 1. The number of H-pyrrole nitrogens is 1. The van der Waals surface area contributed by atoms with E-state index >= 15 is 0 Å². The predicted octanol–water partition coefficient (Wildman–Crippen LogP) is 4.19. The van der Waals surface area contributed by atoms with Gasteiger partial charge in [0.2, 0.25) is 11.8 Å². The standard InChI is InChI=1S/C30H33N5O4/c1-34(29(37)25-16-23-24(33-25)12-7-13-27(23)39-2)26(14-19-8-6-9-19)30(38)35-18-20(15-22(35)17-31)28(36)32-21-10-4-3-5-11-21/h3-5,7,10-13,16,19-20,22,26,33H,6,8-9,14-15,18H2,1-2H3,(H,32,36). The van der Waals surface area contributed by atoms with Gasteiger partial charge >= 0.3 is 0 Å². The number of rotatable bonds is 8. The fraction of sp³-hybridized carbons (Fsp3) is 0.400. The smallest absolute Gasteiger partial charge is 0.270 e. The molecule has 3 amide bonds. The molecule has 9 nitrogen and oxygen atoms in total. The minimum absolute atomic E-state index is 0.141. The molecular weight excluding hydrogens is 494 g/mol. The van der Waals surface area contributed by atoms with Crippen molar-refractivity contribution in [1.82, 2.24) is 14.8 Å². The van der Waals surface area contributed by atoms with Gasteiger partial charge in [0.15, 0.2) is 0 Å². The molecule has 0 spiro atoms. The quantitative estimate of drug-likeness (QED) is 0.456. The number of ether oxygens (including phenoxy) is 1. The number of nitrogens with zero attached hydrogens (tertiary/aromatic N) is 3. The van der Waals surface area contributed by atoms with Crippen LogP contribution in [0.3, 0.4) is 0 Å². The van der Waals surface area contributed by atoms with E-state index in [0.29, 0.717) is 29.5 Å². The molecular formula is C30H33N5O4. The zero-order valence-electron chi connectivity index (χ0n) is 22.2. The number of nitriles is 1. The summed E-state index contributed by atoms with van der Waals surface area (Å²) in [5, 5.41) is 13.6. The summed E-state index contributed by atoms with van der Waals surface area (Å²) >= 11 is 0. The highest BCUT2D eigenvalue weighted by molar-refractivity contribution is 6.01. The first-order valence-electron chi connectivity index (χ1n) is 13.4. The highest BCUT2D eigenvalue weighted by Gasteiger charge is 2.43. The van der Waals surface area contributed by atoms with Gasteiger partial charge in [0.05, 0.1) is 19.1 Å². The highest BCUT2D eigenvalue weighted by Crippen LogP contribution is 2.34. The largest absolute Gasteiger partial charge is 0.496 e. The summed E-state index contributed by atoms with van der Waals surface area (Å²) in [7, 11) is 3.22. The van der Waals surface area contributed by atoms with Crippen molar-refractivity contribution >= 4 is 34.3 Å². The Balaban J connectivity index is 1.36. The molecule has 1 aliphatic heterocycles. The molecule has 2 fully saturated rings. The third-order valence-corrected chi connectivity index (χ3v) is 8.07. The first-order valence-corrected chi connectivity index (χ1v) is 13.4. The molecule has 39 heavy (non-hydrogen) atoms. The molecule has 202 valence electrons. The third-order valence-electron chi connectivity index (χ3n) is 8.07. The normalized spacial score (nSPS) is 19.7. The Morgan fingerprint density at radius 2 is 1.95 bits per heavy atom. The van der Waals surface area contributed by atoms with Crippen LogP contribution in [0, 0.1) is 23.2 Å². The van der Waals surface area contributed by atoms with E-state index in [1.165, 1.54) is 9.80 Å². The molecule has 2 aliphatic rings. The number of anilines is 1. The van der Waals surface area contributed by atoms with Crippen molar-refractivity contribution in [3.63, 3.8) is 0 Å². The van der Waals surface area contributed by atoms with E-state index in [-0.39, 0.29) is 30.7 Å². The summed E-state index contributed by atoms with van der Waals surface area (Å²) in [5.74, 6) is -0.322. The molecule has 3 atom stereocenters. The molecule has 1 aliphatic carbocycles. The van der Waals surface area contributed by atoms with E-state index in [9.17, 15) is 19.6 Å². The van der Waals surface area contributed by atoms with Crippen LogP contribution >= 0.6 is 0 Å². The van der Waals surface area contributed by atoms with Crippen molar-refractivity contribution in [2.75, 3.05) is 26.0 Å². The lowest BCUT2D eigenvalue weighted by Crippen LogP contribution is -2.52. The van der Waals surface area contributed by atoms with E-state index < -0.39 is 18.0 Å². The molecule has 1 saturated carbocycles. The zero-order valence-corrected chi connectivity index (χ0v) is 22.2. The Kier molecular flexibility index (Phi) is 7.55. The second-order valence-corrected chi connectivity index (χ2v) is 10.5. The monoisotopic (exact) mass is 527 g/mol. The summed E-state index contributed by atoms with van der Waals surface area (Å²) in [5.41, 5.74) is 1.80. The maximum atomic E-state index is 14.0. The molecule has 1 aromatic heterocycles. The number of likely N-dealkylation sites (tertiary alicyclic amines) is 1. The Morgan fingerprint density at radius 1 is 1.18 bits per heavy atom. The molecule has 5 rings (SSSR count). The topological polar surface area (TPSA) is 119 Å². The van der Waals surface area contributed by atoms with Crippen LogP contribution in [0.2, 0.25) is 0 Å². The fourth-order valence-corrected chi connectivity index (χ4v) is 5.57. The van der Waals surface area contributed by atoms with Crippen LogP contribution < -0.4 is 10.1 Å². The van der Waals surface area contributed by atoms with Gasteiger partial charge < -0.3 is 24.8 Å². The number of para-hydroxylation sites is 1. The van der Waals surface area contributed by atoms with Crippen LogP contribution in [-0.4, -0.2) is 65.3 Å². The summed E-state index contributed by atoms with van der Waals surface area (Å²) < 4.78 is 5.43. The number of amides is 3. The highest BCUT2D eigenvalue weighted by atomic mass is 16.5. The van der Waals surface area contributed by atoms with Crippen molar-refractivity contribution in [3.05, 3.63) is 60.3 Å². The summed E-state index contributed by atoms with van der Waals surface area (Å²) in [6, 6.07) is 17.2. The number of fused-ring (bicyclic) bond motifs is 1. The summed E-state index contributed by atoms with van der Waals surface area (Å²) in [4.78, 5) is 46.7. The second-order valence-electron chi connectivity index (χ2n) is 10.5. The number of hydrogen-bond acceptors (Lipinski definition) is 5. The van der Waals surface area contributed by atoms with Gasteiger partial charge in [0.1, 0.15) is 23.5 Å². The van der Waals surface area contributed by atoms with Crippen molar-refractivity contribution in [2.24, 2.45) is 11.8 Å². The van der Waals surface area contributed by atoms with Gasteiger partial charge in [-0.25, -0.2) is 0 Å². The number of carbonyl (C=O) groups is 3. The van der Waals surface area contributed by atoms with Crippen molar-refractivity contribution in [2.45, 2.75) is 44.2 Å². The lowest BCUT2D eigenvalue weighted by atomic mass is 9.80. The van der Waals surface area contributed by atoms with E-state index in [4.69, 9.17) is 4.74 Å². The van der Waals surface area contributed by atoms with Crippen LogP contribution in [-0.2, 0) is 9.59 Å². The minimum atomic E-state index is -0.733. The van der Waals surface area contributed by atoms with Crippen LogP contribution in [0.15, 0.2) is 54.6 Å². The molecule has 2 aromatic carbocycles. The lowest BCUT2D eigenvalue weighted by molar-refractivity contribution is -0.136. The average Bonchev–Trinajstić information content (AvgIpc) is 3.57. The predicted molar refractivity (Wildman–Crippen MR) is 147 cm³/mol. The molecule has 2 heterocycles. The Hall–Kier alpha value is -4.32. The molecule has 2 N–H and O–H groups in total. The third kappa shape index (κ3) is 5.32. The van der Waals surface area contributed by atoms with Crippen LogP contribution in [0.25, 0.3) is 10.9 Å². The molecule has 1 saturated heterocycles. The van der Waals surface area contributed by atoms with Crippen LogP contribution in [0.4, 0.5) is 5.69 Å². The number of nitrogens with one attached hydrogen (secondary N) is 2. The number of aromatic nitrogens is 1. The number of benzene rings is 2. The first kappa shape index (κ1) is 26.3. The van der Waals surface area contributed by atoms with Gasteiger partial charge in [-0.05, 0) is 49.1 Å². The fourth-order valence-electron chi connectivity index (χ4n) is 5.57. The second kappa shape index (κ2) is 11.2. The maximum Gasteiger partial charge on any atom is 0.270 e. The summed E-state index contributed by atoms with van der Waals surface area (Å²) in [6.07, 6.45) is 3.92. The Labute approximate surface area is 227 Å². The van der Waals surface area contributed by atoms with Crippen LogP contribution in [0.1, 0.15) is 42.6 Å². The SMILES string of the molecule is COc1cccc2[nH]c(C(=O)N(C)C(CC3CCC3)C(=O)N3CC(C(=O)Nc4ccccc4)CC3C#N)cc12. The average molecular weight is 528 g/mol. The van der Waals surface area contributed by atoms with Gasteiger partial charge in [0, 0.05) is 30.2 Å². The van der Waals surface area contributed by atoms with Crippen molar-refractivity contribution < 1.29 is 19.1 Å². The number of aromatic amines is 1. The Morgan fingerprint density at radius 3 is 2.62 bits per heavy atom. The maximum absolute atomic E-state index is 14.0. The molecule has 3 aromatic rings. The van der Waals surface area contributed by atoms with Gasteiger partial charge in [-0.1, -0.05) is 43.5 Å².